The van der Waals surface area contributed by atoms with E-state index in [4.69, 9.17) is 5.11 Å². The van der Waals surface area contributed by atoms with Crippen molar-refractivity contribution in [1.82, 2.24) is 4.98 Å². The number of aliphatic hydroxyl groups excluding tert-OH is 1. The highest BCUT2D eigenvalue weighted by molar-refractivity contribution is 7.07. The van der Waals surface area contributed by atoms with Crippen LogP contribution in [0.25, 0.3) is 0 Å². The normalized spacial score (nSPS) is 10.5. The molecule has 1 N–H and O–H groups in total. The minimum atomic E-state index is -0.504. The number of halogens is 1. The maximum absolute atomic E-state index is 13.0. The second kappa shape index (κ2) is 5.75. The summed E-state index contributed by atoms with van der Waals surface area (Å²) < 4.78 is 13.0. The molecule has 2 aromatic rings. The molecule has 0 aliphatic heterocycles. The topological polar surface area (TPSA) is 36.4 Å². The maximum atomic E-state index is 13.0. The van der Waals surface area contributed by atoms with Crippen LogP contribution < -0.4 is 4.90 Å². The first kappa shape index (κ1) is 12.0. The smallest absolute Gasteiger partial charge is 0.214 e. The van der Waals surface area contributed by atoms with Crippen LogP contribution >= 0.6 is 11.3 Å². The summed E-state index contributed by atoms with van der Waals surface area (Å²) in [6.07, 6.45) is 0. The molecule has 2 aromatic heterocycles. The summed E-state index contributed by atoms with van der Waals surface area (Å²) in [4.78, 5) is 5.68. The fourth-order valence-electron chi connectivity index (χ4n) is 1.57. The summed E-state index contributed by atoms with van der Waals surface area (Å²) in [5.41, 5.74) is 1.13. The monoisotopic (exact) mass is 252 g/mol. The molecule has 2 rings (SSSR count). The number of anilines is 1. The van der Waals surface area contributed by atoms with E-state index < -0.39 is 5.95 Å². The van der Waals surface area contributed by atoms with E-state index in [2.05, 4.69) is 4.98 Å². The summed E-state index contributed by atoms with van der Waals surface area (Å²) in [6.45, 7) is 1.08. The first-order valence-electron chi connectivity index (χ1n) is 5.29. The van der Waals surface area contributed by atoms with Gasteiger partial charge in [0.15, 0.2) is 0 Å². The fraction of sp³-hybridized carbons (Fsp3) is 0.250. The SMILES string of the molecule is OCCN(Cc1ccsc1)c1cccc(F)n1. The van der Waals surface area contributed by atoms with Crippen LogP contribution in [0.1, 0.15) is 5.56 Å². The molecule has 5 heteroatoms. The lowest BCUT2D eigenvalue weighted by atomic mass is 10.3. The number of hydrogen-bond donors (Lipinski definition) is 1. The summed E-state index contributed by atoms with van der Waals surface area (Å²) in [5, 5.41) is 13.1. The largest absolute Gasteiger partial charge is 0.395 e. The molecule has 2 heterocycles. The number of nitrogens with zero attached hydrogens (tertiary/aromatic N) is 2. The van der Waals surface area contributed by atoms with Gasteiger partial charge in [0.25, 0.3) is 0 Å². The molecular formula is C12H13FN2OS. The van der Waals surface area contributed by atoms with Crippen LogP contribution in [-0.2, 0) is 6.54 Å². The second-order valence-electron chi connectivity index (χ2n) is 3.60. The van der Waals surface area contributed by atoms with Crippen LogP contribution in [0, 0.1) is 5.95 Å². The molecule has 0 bridgehead atoms. The minimum Gasteiger partial charge on any atom is -0.395 e. The van der Waals surface area contributed by atoms with E-state index in [0.29, 0.717) is 18.9 Å². The van der Waals surface area contributed by atoms with Gasteiger partial charge >= 0.3 is 0 Å². The Morgan fingerprint density at radius 2 is 2.24 bits per heavy atom. The molecule has 0 aliphatic rings. The predicted molar refractivity (Wildman–Crippen MR) is 66.6 cm³/mol. The van der Waals surface area contributed by atoms with Gasteiger partial charge in [-0.1, -0.05) is 6.07 Å². The molecule has 0 radical (unpaired) electrons. The molecule has 0 saturated heterocycles. The van der Waals surface area contributed by atoms with E-state index in [9.17, 15) is 4.39 Å². The third kappa shape index (κ3) is 3.25. The van der Waals surface area contributed by atoms with Gasteiger partial charge in [0.05, 0.1) is 6.61 Å². The lowest BCUT2D eigenvalue weighted by molar-refractivity contribution is 0.301. The van der Waals surface area contributed by atoms with Crippen LogP contribution in [0.15, 0.2) is 35.0 Å². The van der Waals surface area contributed by atoms with Crippen LogP contribution in [0.2, 0.25) is 0 Å². The van der Waals surface area contributed by atoms with E-state index in [1.165, 1.54) is 6.07 Å². The molecule has 0 atom stereocenters. The van der Waals surface area contributed by atoms with Crippen LogP contribution in [0.3, 0.4) is 0 Å². The Morgan fingerprint density at radius 3 is 2.88 bits per heavy atom. The molecule has 17 heavy (non-hydrogen) atoms. The molecule has 0 unspecified atom stereocenters. The Balaban J connectivity index is 2.16. The molecule has 90 valence electrons. The third-order valence-corrected chi connectivity index (χ3v) is 3.08. The van der Waals surface area contributed by atoms with Crippen molar-refractivity contribution in [1.29, 1.82) is 0 Å². The van der Waals surface area contributed by atoms with Crippen molar-refractivity contribution >= 4 is 17.2 Å². The molecule has 0 aliphatic carbocycles. The van der Waals surface area contributed by atoms with Crippen molar-refractivity contribution in [2.75, 3.05) is 18.1 Å². The number of rotatable bonds is 5. The van der Waals surface area contributed by atoms with Crippen molar-refractivity contribution in [2.24, 2.45) is 0 Å². The zero-order valence-electron chi connectivity index (χ0n) is 9.21. The molecule has 0 spiro atoms. The van der Waals surface area contributed by atoms with Gasteiger partial charge in [-0.2, -0.15) is 15.7 Å². The fourth-order valence-corrected chi connectivity index (χ4v) is 2.23. The maximum Gasteiger partial charge on any atom is 0.214 e. The third-order valence-electron chi connectivity index (χ3n) is 2.35. The Bertz CT molecular complexity index is 461. The van der Waals surface area contributed by atoms with Gasteiger partial charge in [-0.3, -0.25) is 0 Å². The summed E-state index contributed by atoms with van der Waals surface area (Å²) in [7, 11) is 0. The lowest BCUT2D eigenvalue weighted by Crippen LogP contribution is -2.26. The molecule has 0 amide bonds. The average Bonchev–Trinajstić information content (AvgIpc) is 2.81. The highest BCUT2D eigenvalue weighted by atomic mass is 32.1. The van der Waals surface area contributed by atoms with Gasteiger partial charge in [-0.05, 0) is 34.5 Å². The summed E-state index contributed by atoms with van der Waals surface area (Å²) in [6, 6.07) is 6.68. The molecule has 3 nitrogen and oxygen atoms in total. The lowest BCUT2D eigenvalue weighted by Gasteiger charge is -2.22. The first-order valence-corrected chi connectivity index (χ1v) is 6.23. The van der Waals surface area contributed by atoms with Gasteiger partial charge in [-0.25, -0.2) is 4.98 Å². The Morgan fingerprint density at radius 1 is 1.35 bits per heavy atom. The van der Waals surface area contributed by atoms with E-state index in [1.54, 1.807) is 23.5 Å². The predicted octanol–water partition coefficient (Wildman–Crippen LogP) is 2.28. The standard InChI is InChI=1S/C12H13FN2OS/c13-11-2-1-3-12(14-11)15(5-6-16)8-10-4-7-17-9-10/h1-4,7,9,16H,5-6,8H2. The molecule has 0 saturated carbocycles. The summed E-state index contributed by atoms with van der Waals surface area (Å²) in [5.74, 6) is 0.0426. The van der Waals surface area contributed by atoms with Gasteiger partial charge in [0, 0.05) is 13.1 Å². The number of aromatic nitrogens is 1. The number of thiophene rings is 1. The molecule has 0 fully saturated rings. The highest BCUT2D eigenvalue weighted by Crippen LogP contribution is 2.16. The van der Waals surface area contributed by atoms with Crippen LogP contribution in [0.4, 0.5) is 10.2 Å². The van der Waals surface area contributed by atoms with E-state index in [0.717, 1.165) is 5.56 Å². The minimum absolute atomic E-state index is 0.0162. The molecule has 0 aromatic carbocycles. The van der Waals surface area contributed by atoms with Crippen molar-refractivity contribution in [3.63, 3.8) is 0 Å². The average molecular weight is 252 g/mol. The van der Waals surface area contributed by atoms with Gasteiger partial charge in [0.1, 0.15) is 5.82 Å². The van der Waals surface area contributed by atoms with Gasteiger partial charge < -0.3 is 10.0 Å². The van der Waals surface area contributed by atoms with Crippen molar-refractivity contribution in [2.45, 2.75) is 6.54 Å². The summed E-state index contributed by atoms with van der Waals surface area (Å²) >= 11 is 1.61. The van der Waals surface area contributed by atoms with Crippen molar-refractivity contribution in [3.8, 4) is 0 Å². The van der Waals surface area contributed by atoms with E-state index in [-0.39, 0.29) is 6.61 Å². The zero-order chi connectivity index (χ0) is 12.1. The molecular weight excluding hydrogens is 239 g/mol. The van der Waals surface area contributed by atoms with Crippen LogP contribution in [-0.4, -0.2) is 23.2 Å². The van der Waals surface area contributed by atoms with Gasteiger partial charge in [0.2, 0.25) is 5.95 Å². The number of aliphatic hydroxyl groups is 1. The van der Waals surface area contributed by atoms with E-state index in [1.807, 2.05) is 21.7 Å². The van der Waals surface area contributed by atoms with Crippen molar-refractivity contribution in [3.05, 3.63) is 46.5 Å². The Labute approximate surface area is 103 Å². The second-order valence-corrected chi connectivity index (χ2v) is 4.38. The number of pyridine rings is 1. The zero-order valence-corrected chi connectivity index (χ0v) is 10.0. The van der Waals surface area contributed by atoms with E-state index >= 15 is 0 Å². The van der Waals surface area contributed by atoms with Crippen molar-refractivity contribution < 1.29 is 9.50 Å². The first-order chi connectivity index (χ1) is 8.29. The highest BCUT2D eigenvalue weighted by Gasteiger charge is 2.09. The number of hydrogen-bond acceptors (Lipinski definition) is 4. The van der Waals surface area contributed by atoms with Gasteiger partial charge in [-0.15, -0.1) is 0 Å². The Kier molecular flexibility index (Phi) is 4.06. The van der Waals surface area contributed by atoms with Crippen LogP contribution in [0.5, 0.6) is 0 Å². The Hall–Kier alpha value is -1.46. The quantitative estimate of drug-likeness (QED) is 0.829.